The molecule has 3 N–H and O–H groups in total. The van der Waals surface area contributed by atoms with E-state index >= 15 is 0 Å². The van der Waals surface area contributed by atoms with E-state index in [2.05, 4.69) is 5.32 Å². The number of hydrogen-bond donors (Lipinski definition) is 2. The number of carbonyl (C=O) groups excluding carboxylic acids is 1. The van der Waals surface area contributed by atoms with Crippen molar-refractivity contribution in [3.63, 3.8) is 0 Å². The lowest BCUT2D eigenvalue weighted by molar-refractivity contribution is -0.123. The van der Waals surface area contributed by atoms with E-state index in [1.54, 1.807) is 0 Å². The van der Waals surface area contributed by atoms with Crippen molar-refractivity contribution in [2.45, 2.75) is 25.3 Å². The maximum Gasteiger partial charge on any atom is 0.240 e. The lowest BCUT2D eigenvalue weighted by Crippen LogP contribution is -2.44. The molecule has 18 heavy (non-hydrogen) atoms. The van der Waals surface area contributed by atoms with Gasteiger partial charge in [0, 0.05) is 0 Å². The van der Waals surface area contributed by atoms with Crippen molar-refractivity contribution in [1.82, 2.24) is 5.32 Å². The summed E-state index contributed by atoms with van der Waals surface area (Å²) in [5.41, 5.74) is 6.35. The molecule has 1 amide bonds. The summed E-state index contributed by atoms with van der Waals surface area (Å²) >= 11 is 0. The lowest BCUT2D eigenvalue weighted by atomic mass is 10.2. The van der Waals surface area contributed by atoms with Crippen LogP contribution in [0.5, 0.6) is 5.75 Å². The van der Waals surface area contributed by atoms with E-state index in [1.807, 2.05) is 31.2 Å². The molecule has 5 heteroatoms. The van der Waals surface area contributed by atoms with Gasteiger partial charge in [0.15, 0.2) is 0 Å². The molecule has 0 radical (unpaired) electrons. The van der Waals surface area contributed by atoms with E-state index in [4.69, 9.17) is 10.5 Å². The van der Waals surface area contributed by atoms with Crippen LogP contribution in [0, 0.1) is 6.92 Å². The molecule has 0 bridgehead atoms. The van der Waals surface area contributed by atoms with Crippen LogP contribution in [0.3, 0.4) is 0 Å². The molecule has 1 saturated carbocycles. The molecule has 0 unspecified atom stereocenters. The molecule has 2 rings (SSSR count). The van der Waals surface area contributed by atoms with Crippen LogP contribution in [-0.2, 0) is 4.79 Å². The normalized spacial score (nSPS) is 15.4. The average Bonchev–Trinajstić information content (AvgIpc) is 3.06. The Bertz CT molecular complexity index is 402. The topological polar surface area (TPSA) is 64.3 Å². The molecular formula is C13H19ClN2O2. The van der Waals surface area contributed by atoms with Crippen molar-refractivity contribution < 1.29 is 9.53 Å². The molecule has 1 aromatic carbocycles. The summed E-state index contributed by atoms with van der Waals surface area (Å²) in [5, 5.41) is 2.78. The first-order valence-corrected chi connectivity index (χ1v) is 5.87. The summed E-state index contributed by atoms with van der Waals surface area (Å²) in [4.78, 5) is 11.5. The smallest absolute Gasteiger partial charge is 0.240 e. The first kappa shape index (κ1) is 14.8. The quantitative estimate of drug-likeness (QED) is 0.795. The second-order valence-corrected chi connectivity index (χ2v) is 4.57. The van der Waals surface area contributed by atoms with Gasteiger partial charge in [-0.05, 0) is 31.9 Å². The molecule has 0 aromatic heterocycles. The maximum absolute atomic E-state index is 11.5. The van der Waals surface area contributed by atoms with E-state index in [0.29, 0.717) is 13.2 Å². The molecule has 1 aromatic rings. The minimum Gasteiger partial charge on any atom is -0.492 e. The van der Waals surface area contributed by atoms with Crippen molar-refractivity contribution >= 4 is 18.3 Å². The van der Waals surface area contributed by atoms with Gasteiger partial charge in [0.05, 0.1) is 12.1 Å². The zero-order valence-electron chi connectivity index (χ0n) is 10.4. The third-order valence-corrected chi connectivity index (χ3v) is 2.92. The van der Waals surface area contributed by atoms with Gasteiger partial charge < -0.3 is 15.8 Å². The number of halogens is 1. The van der Waals surface area contributed by atoms with Crippen molar-refractivity contribution in [2.24, 2.45) is 5.73 Å². The van der Waals surface area contributed by atoms with Crippen LogP contribution in [0.25, 0.3) is 0 Å². The van der Waals surface area contributed by atoms with Crippen molar-refractivity contribution in [1.29, 1.82) is 0 Å². The summed E-state index contributed by atoms with van der Waals surface area (Å²) in [5.74, 6) is 0.753. The van der Waals surface area contributed by atoms with Crippen molar-refractivity contribution in [3.8, 4) is 5.75 Å². The van der Waals surface area contributed by atoms with E-state index in [1.165, 1.54) is 5.56 Å². The average molecular weight is 271 g/mol. The Morgan fingerprint density at radius 3 is 2.56 bits per heavy atom. The van der Waals surface area contributed by atoms with Crippen LogP contribution in [0.4, 0.5) is 0 Å². The molecule has 100 valence electrons. The molecule has 0 spiro atoms. The first-order valence-electron chi connectivity index (χ1n) is 5.87. The van der Waals surface area contributed by atoms with Crippen LogP contribution in [-0.4, -0.2) is 24.6 Å². The summed E-state index contributed by atoms with van der Waals surface area (Å²) in [6, 6.07) is 7.82. The predicted octanol–water partition coefficient (Wildman–Crippen LogP) is 1.40. The number of rotatable bonds is 5. The number of nitrogens with two attached hydrogens (primary N) is 1. The van der Waals surface area contributed by atoms with Crippen LogP contribution < -0.4 is 15.8 Å². The first-order chi connectivity index (χ1) is 8.10. The second-order valence-electron chi connectivity index (χ2n) is 4.57. The summed E-state index contributed by atoms with van der Waals surface area (Å²) in [6.45, 7) is 2.98. The minimum atomic E-state index is -0.593. The van der Waals surface area contributed by atoms with Crippen molar-refractivity contribution in [2.75, 3.05) is 13.2 Å². The van der Waals surface area contributed by atoms with Crippen LogP contribution in [0.15, 0.2) is 24.3 Å². The number of hydrogen-bond acceptors (Lipinski definition) is 3. The number of nitrogens with one attached hydrogen (secondary N) is 1. The Labute approximate surface area is 113 Å². The monoisotopic (exact) mass is 270 g/mol. The third-order valence-electron chi connectivity index (χ3n) is 2.92. The van der Waals surface area contributed by atoms with Crippen LogP contribution in [0.1, 0.15) is 18.4 Å². The highest BCUT2D eigenvalue weighted by Crippen LogP contribution is 2.31. The largest absolute Gasteiger partial charge is 0.492 e. The second kappa shape index (κ2) is 6.07. The van der Waals surface area contributed by atoms with Gasteiger partial charge in [-0.1, -0.05) is 17.7 Å². The molecule has 0 atom stereocenters. The van der Waals surface area contributed by atoms with Gasteiger partial charge in [-0.3, -0.25) is 4.79 Å². The van der Waals surface area contributed by atoms with Crippen LogP contribution in [0.2, 0.25) is 0 Å². The Hall–Kier alpha value is -1.26. The predicted molar refractivity (Wildman–Crippen MR) is 73.1 cm³/mol. The highest BCUT2D eigenvalue weighted by atomic mass is 35.5. The highest BCUT2D eigenvalue weighted by molar-refractivity contribution is 5.88. The number of ether oxygens (including phenoxy) is 1. The Balaban J connectivity index is 0.00000162. The third kappa shape index (κ3) is 3.89. The van der Waals surface area contributed by atoms with Crippen LogP contribution >= 0.6 is 12.4 Å². The number of aryl methyl sites for hydroxylation is 1. The molecule has 0 heterocycles. The van der Waals surface area contributed by atoms with Gasteiger partial charge in [0.25, 0.3) is 0 Å². The fourth-order valence-electron chi connectivity index (χ4n) is 1.51. The van der Waals surface area contributed by atoms with Crippen molar-refractivity contribution in [3.05, 3.63) is 29.8 Å². The lowest BCUT2D eigenvalue weighted by Gasteiger charge is -2.10. The molecule has 1 aliphatic rings. The molecule has 0 saturated heterocycles. The maximum atomic E-state index is 11.5. The standard InChI is InChI=1S/C13H18N2O2.ClH/c1-10-2-4-11(5-3-10)17-9-8-15-12(16)13(14)6-7-13;/h2-5H,6-9,14H2,1H3,(H,15,16);1H. The minimum absolute atomic E-state index is 0. The zero-order chi connectivity index (χ0) is 12.3. The Morgan fingerprint density at radius 2 is 2.00 bits per heavy atom. The Morgan fingerprint density at radius 1 is 1.39 bits per heavy atom. The van der Waals surface area contributed by atoms with E-state index in [9.17, 15) is 4.79 Å². The van der Waals surface area contributed by atoms with E-state index in [-0.39, 0.29) is 18.3 Å². The molecule has 4 nitrogen and oxygen atoms in total. The SMILES string of the molecule is Cc1ccc(OCCNC(=O)C2(N)CC2)cc1.Cl. The Kier molecular flexibility index (Phi) is 4.99. The fourth-order valence-corrected chi connectivity index (χ4v) is 1.51. The molecule has 0 aliphatic heterocycles. The van der Waals surface area contributed by atoms with Gasteiger partial charge in [0.2, 0.25) is 5.91 Å². The van der Waals surface area contributed by atoms with Gasteiger partial charge >= 0.3 is 0 Å². The zero-order valence-corrected chi connectivity index (χ0v) is 11.3. The molecule has 1 aliphatic carbocycles. The highest BCUT2D eigenvalue weighted by Gasteiger charge is 2.45. The summed E-state index contributed by atoms with van der Waals surface area (Å²) in [7, 11) is 0. The summed E-state index contributed by atoms with van der Waals surface area (Å²) < 4.78 is 5.49. The van der Waals surface area contributed by atoms with Gasteiger partial charge in [-0.25, -0.2) is 0 Å². The number of carbonyl (C=O) groups is 1. The fraction of sp³-hybridized carbons (Fsp3) is 0.462. The van der Waals surface area contributed by atoms with E-state index in [0.717, 1.165) is 18.6 Å². The van der Waals surface area contributed by atoms with Gasteiger partial charge in [0.1, 0.15) is 12.4 Å². The van der Waals surface area contributed by atoms with Gasteiger partial charge in [-0.15, -0.1) is 12.4 Å². The molecule has 1 fully saturated rings. The summed E-state index contributed by atoms with van der Waals surface area (Å²) in [6.07, 6.45) is 1.58. The number of amides is 1. The number of benzene rings is 1. The molecular weight excluding hydrogens is 252 g/mol. The van der Waals surface area contributed by atoms with E-state index < -0.39 is 5.54 Å². The van der Waals surface area contributed by atoms with Gasteiger partial charge in [-0.2, -0.15) is 0 Å².